The van der Waals surface area contributed by atoms with Crippen molar-refractivity contribution in [3.05, 3.63) is 11.6 Å². The van der Waals surface area contributed by atoms with Crippen molar-refractivity contribution in [1.29, 1.82) is 0 Å². The molecule has 0 unspecified atom stereocenters. The molecular formula is C17H30N6O. The van der Waals surface area contributed by atoms with Crippen molar-refractivity contribution in [2.24, 2.45) is 5.92 Å². The Hall–Kier alpha value is -1.63. The van der Waals surface area contributed by atoms with E-state index in [9.17, 15) is 4.79 Å². The van der Waals surface area contributed by atoms with E-state index in [1.54, 1.807) is 0 Å². The maximum atomic E-state index is 12.5. The van der Waals surface area contributed by atoms with Crippen LogP contribution in [0.2, 0.25) is 0 Å². The van der Waals surface area contributed by atoms with Crippen LogP contribution in [0, 0.1) is 5.92 Å². The second kappa shape index (κ2) is 7.51. The minimum absolute atomic E-state index is 0.0843. The number of hydrogen-bond donors (Lipinski definition) is 2. The van der Waals surface area contributed by atoms with Crippen LogP contribution in [0.1, 0.15) is 57.7 Å². The first-order valence-electron chi connectivity index (χ1n) is 9.29. The van der Waals surface area contributed by atoms with E-state index < -0.39 is 0 Å². The average molecular weight is 334 g/mol. The molecule has 134 valence electrons. The molecule has 1 aromatic rings. The summed E-state index contributed by atoms with van der Waals surface area (Å²) in [6.45, 7) is 10.6. The number of rotatable bonds is 5. The maximum Gasteiger partial charge on any atom is 0.315 e. The Morgan fingerprint density at radius 2 is 2.00 bits per heavy atom. The molecule has 1 fully saturated rings. The van der Waals surface area contributed by atoms with Crippen molar-refractivity contribution in [3.63, 3.8) is 0 Å². The second-order valence-corrected chi connectivity index (χ2v) is 7.28. The highest BCUT2D eigenvalue weighted by Gasteiger charge is 2.28. The number of piperidine rings is 1. The van der Waals surface area contributed by atoms with E-state index in [2.05, 4.69) is 51.1 Å². The van der Waals surface area contributed by atoms with E-state index in [0.29, 0.717) is 0 Å². The molecule has 0 saturated carbocycles. The summed E-state index contributed by atoms with van der Waals surface area (Å²) in [5.74, 6) is 2.21. The lowest BCUT2D eigenvalue weighted by Gasteiger charge is -2.32. The van der Waals surface area contributed by atoms with Gasteiger partial charge in [-0.2, -0.15) is 0 Å². The molecule has 7 heteroatoms. The van der Waals surface area contributed by atoms with Gasteiger partial charge in [-0.15, -0.1) is 10.2 Å². The van der Waals surface area contributed by atoms with Crippen molar-refractivity contribution in [2.75, 3.05) is 19.6 Å². The zero-order valence-corrected chi connectivity index (χ0v) is 15.1. The highest BCUT2D eigenvalue weighted by molar-refractivity contribution is 5.74. The largest absolute Gasteiger partial charge is 0.335 e. The van der Waals surface area contributed by atoms with Crippen LogP contribution < -0.4 is 10.6 Å². The summed E-state index contributed by atoms with van der Waals surface area (Å²) in [5, 5.41) is 14.9. The van der Waals surface area contributed by atoms with E-state index in [-0.39, 0.29) is 24.0 Å². The predicted molar refractivity (Wildman–Crippen MR) is 92.7 cm³/mol. The Kier molecular flexibility index (Phi) is 5.38. The molecule has 2 aliphatic heterocycles. The van der Waals surface area contributed by atoms with Gasteiger partial charge in [-0.05, 0) is 31.7 Å². The van der Waals surface area contributed by atoms with Gasteiger partial charge in [0.2, 0.25) is 0 Å². The first kappa shape index (κ1) is 17.2. The molecule has 1 saturated heterocycles. The van der Waals surface area contributed by atoms with E-state index in [0.717, 1.165) is 63.5 Å². The summed E-state index contributed by atoms with van der Waals surface area (Å²) in [5.41, 5.74) is 0. The van der Waals surface area contributed by atoms with Gasteiger partial charge in [0.25, 0.3) is 0 Å². The summed E-state index contributed by atoms with van der Waals surface area (Å²) in [7, 11) is 0. The quantitative estimate of drug-likeness (QED) is 0.859. The number of hydrogen-bond acceptors (Lipinski definition) is 4. The fourth-order valence-corrected chi connectivity index (χ4v) is 3.69. The van der Waals surface area contributed by atoms with Crippen LogP contribution >= 0.6 is 0 Å². The number of nitrogens with one attached hydrogen (secondary N) is 2. The monoisotopic (exact) mass is 334 g/mol. The number of fused-ring (bicyclic) bond motifs is 1. The van der Waals surface area contributed by atoms with Gasteiger partial charge >= 0.3 is 6.03 Å². The van der Waals surface area contributed by atoms with Crippen LogP contribution in [-0.2, 0) is 13.0 Å². The van der Waals surface area contributed by atoms with Crippen LogP contribution in [0.25, 0.3) is 0 Å². The lowest BCUT2D eigenvalue weighted by molar-refractivity contribution is 0.195. The first-order chi connectivity index (χ1) is 11.6. The normalized spacial score (nSPS) is 20.2. The van der Waals surface area contributed by atoms with Crippen molar-refractivity contribution in [2.45, 2.75) is 65.1 Å². The Morgan fingerprint density at radius 3 is 2.67 bits per heavy atom. The Bertz CT molecular complexity index is 561. The molecule has 2 amide bonds. The topological polar surface area (TPSA) is 75.1 Å². The van der Waals surface area contributed by atoms with Gasteiger partial charge in [0.05, 0.1) is 6.04 Å². The SMILES string of the molecule is CCN1CCC(NC(=O)N[C@@H](c2nnc3n2CCC3)C(C)C)CC1. The smallest absolute Gasteiger partial charge is 0.315 e. The summed E-state index contributed by atoms with van der Waals surface area (Å²) < 4.78 is 2.17. The third kappa shape index (κ3) is 3.71. The van der Waals surface area contributed by atoms with Crippen LogP contribution in [0.15, 0.2) is 0 Å². The highest BCUT2D eigenvalue weighted by Crippen LogP contribution is 2.24. The molecular weight excluding hydrogens is 304 g/mol. The van der Waals surface area contributed by atoms with E-state index in [4.69, 9.17) is 0 Å². The van der Waals surface area contributed by atoms with Crippen molar-refractivity contribution in [1.82, 2.24) is 30.3 Å². The molecule has 0 spiro atoms. The molecule has 0 radical (unpaired) electrons. The number of urea groups is 1. The number of carbonyl (C=O) groups excluding carboxylic acids is 1. The van der Waals surface area contributed by atoms with E-state index >= 15 is 0 Å². The summed E-state index contributed by atoms with van der Waals surface area (Å²) in [6.07, 6.45) is 4.15. The Morgan fingerprint density at radius 1 is 1.25 bits per heavy atom. The highest BCUT2D eigenvalue weighted by atomic mass is 16.2. The van der Waals surface area contributed by atoms with Gasteiger partial charge in [-0.25, -0.2) is 4.79 Å². The molecule has 2 N–H and O–H groups in total. The third-order valence-electron chi connectivity index (χ3n) is 5.24. The van der Waals surface area contributed by atoms with Crippen LogP contribution in [0.3, 0.4) is 0 Å². The molecule has 0 bridgehead atoms. The fraction of sp³-hybridized carbons (Fsp3) is 0.824. The molecule has 1 aromatic heterocycles. The van der Waals surface area contributed by atoms with Crippen molar-refractivity contribution < 1.29 is 4.79 Å². The Labute approximate surface area is 144 Å². The molecule has 0 aliphatic carbocycles. The summed E-state index contributed by atoms with van der Waals surface area (Å²) in [6, 6.07) is 0.0869. The summed E-state index contributed by atoms with van der Waals surface area (Å²) in [4.78, 5) is 14.9. The third-order valence-corrected chi connectivity index (χ3v) is 5.24. The average Bonchev–Trinajstić information content (AvgIpc) is 3.17. The number of carbonyl (C=O) groups is 1. The molecule has 24 heavy (non-hydrogen) atoms. The lowest BCUT2D eigenvalue weighted by atomic mass is 10.0. The van der Waals surface area contributed by atoms with Gasteiger partial charge in [0, 0.05) is 32.1 Å². The number of nitrogens with zero attached hydrogens (tertiary/aromatic N) is 4. The van der Waals surface area contributed by atoms with Crippen molar-refractivity contribution >= 4 is 6.03 Å². The predicted octanol–water partition coefficient (Wildman–Crippen LogP) is 1.70. The molecule has 7 nitrogen and oxygen atoms in total. The van der Waals surface area contributed by atoms with Gasteiger partial charge in [-0.1, -0.05) is 20.8 Å². The van der Waals surface area contributed by atoms with Crippen molar-refractivity contribution in [3.8, 4) is 0 Å². The first-order valence-corrected chi connectivity index (χ1v) is 9.29. The molecule has 1 atom stereocenters. The standard InChI is InChI=1S/C17H30N6O/c1-4-22-10-7-13(8-11-22)18-17(24)19-15(12(2)3)16-21-20-14-6-5-9-23(14)16/h12-13,15H,4-11H2,1-3H3,(H2,18,19,24)/t15-/m1/s1. The molecule has 0 aromatic carbocycles. The number of aryl methyl sites for hydroxylation is 1. The van der Waals surface area contributed by atoms with E-state index in [1.807, 2.05) is 0 Å². The van der Waals surface area contributed by atoms with Gasteiger partial charge in [0.1, 0.15) is 5.82 Å². The van der Waals surface area contributed by atoms with Gasteiger partial charge < -0.3 is 20.1 Å². The molecule has 3 rings (SSSR count). The van der Waals surface area contributed by atoms with Crippen LogP contribution in [0.4, 0.5) is 4.79 Å². The Balaban J connectivity index is 1.58. The number of aromatic nitrogens is 3. The van der Waals surface area contributed by atoms with Gasteiger partial charge in [0.15, 0.2) is 5.82 Å². The van der Waals surface area contributed by atoms with Crippen LogP contribution in [0.5, 0.6) is 0 Å². The molecule has 3 heterocycles. The fourth-order valence-electron chi connectivity index (χ4n) is 3.69. The minimum Gasteiger partial charge on any atom is -0.335 e. The lowest BCUT2D eigenvalue weighted by Crippen LogP contribution is -2.49. The minimum atomic E-state index is -0.0971. The zero-order chi connectivity index (χ0) is 17.1. The summed E-state index contributed by atoms with van der Waals surface area (Å²) >= 11 is 0. The van der Waals surface area contributed by atoms with E-state index in [1.165, 1.54) is 0 Å². The maximum absolute atomic E-state index is 12.5. The second-order valence-electron chi connectivity index (χ2n) is 7.28. The number of amides is 2. The number of likely N-dealkylation sites (tertiary alicyclic amines) is 1. The molecule has 2 aliphatic rings. The zero-order valence-electron chi connectivity index (χ0n) is 15.1. The van der Waals surface area contributed by atoms with Crippen LogP contribution in [-0.4, -0.2) is 51.4 Å². The van der Waals surface area contributed by atoms with Gasteiger partial charge in [-0.3, -0.25) is 0 Å².